The summed E-state index contributed by atoms with van der Waals surface area (Å²) in [6.45, 7) is 3.10. The van der Waals surface area contributed by atoms with E-state index in [0.29, 0.717) is 0 Å². The summed E-state index contributed by atoms with van der Waals surface area (Å²) in [5, 5.41) is 2.79. The third-order valence-corrected chi connectivity index (χ3v) is 3.02. The van der Waals surface area contributed by atoms with Gasteiger partial charge in [-0.2, -0.15) is 0 Å². The van der Waals surface area contributed by atoms with Crippen molar-refractivity contribution in [2.75, 3.05) is 13.6 Å². The van der Waals surface area contributed by atoms with Gasteiger partial charge >= 0.3 is 0 Å². The van der Waals surface area contributed by atoms with E-state index >= 15 is 0 Å². The highest BCUT2D eigenvalue weighted by Gasteiger charge is 1.99. The van der Waals surface area contributed by atoms with Crippen molar-refractivity contribution in [3.63, 3.8) is 0 Å². The molecule has 0 aliphatic carbocycles. The van der Waals surface area contributed by atoms with Gasteiger partial charge in [0.1, 0.15) is 0 Å². The van der Waals surface area contributed by atoms with Crippen LogP contribution in [0.15, 0.2) is 42.2 Å². The Morgan fingerprint density at radius 3 is 2.68 bits per heavy atom. The molecular formula is C16H24N2O. The number of rotatable bonds is 9. The molecule has 19 heavy (non-hydrogen) atoms. The minimum absolute atomic E-state index is 0.756. The second kappa shape index (κ2) is 9.20. The van der Waals surface area contributed by atoms with E-state index in [2.05, 4.69) is 41.4 Å². The van der Waals surface area contributed by atoms with E-state index in [9.17, 15) is 4.79 Å². The Morgan fingerprint density at radius 2 is 2.05 bits per heavy atom. The van der Waals surface area contributed by atoms with E-state index in [1.807, 2.05) is 19.3 Å². The molecule has 0 spiro atoms. The van der Waals surface area contributed by atoms with Gasteiger partial charge in [0, 0.05) is 25.5 Å². The number of likely N-dealkylation sites (N-methyl/N-ethyl adjacent to an activating group) is 1. The first-order chi connectivity index (χ1) is 9.26. The van der Waals surface area contributed by atoms with Crippen LogP contribution in [0.2, 0.25) is 0 Å². The predicted octanol–water partition coefficient (Wildman–Crippen LogP) is 2.94. The molecule has 1 rings (SSSR count). The minimum Gasteiger partial charge on any atom is -0.379 e. The molecule has 0 unspecified atom stereocenters. The van der Waals surface area contributed by atoms with Gasteiger partial charge in [0.2, 0.25) is 6.41 Å². The molecule has 1 N–H and O–H groups in total. The highest BCUT2D eigenvalue weighted by Crippen LogP contribution is 2.06. The molecule has 3 heteroatoms. The van der Waals surface area contributed by atoms with E-state index in [1.165, 1.54) is 5.56 Å². The first-order valence-electron chi connectivity index (χ1n) is 6.91. The van der Waals surface area contributed by atoms with Crippen molar-refractivity contribution in [2.24, 2.45) is 0 Å². The second-order valence-electron chi connectivity index (χ2n) is 4.74. The lowest BCUT2D eigenvalue weighted by Crippen LogP contribution is -2.19. The lowest BCUT2D eigenvalue weighted by atomic mass is 10.1. The highest BCUT2D eigenvalue weighted by atomic mass is 16.1. The van der Waals surface area contributed by atoms with E-state index in [1.54, 1.807) is 0 Å². The maximum absolute atomic E-state index is 10.6. The van der Waals surface area contributed by atoms with Crippen LogP contribution in [0.5, 0.6) is 0 Å². The molecular weight excluding hydrogens is 236 g/mol. The average Bonchev–Trinajstić information content (AvgIpc) is 2.44. The third-order valence-electron chi connectivity index (χ3n) is 3.02. The first kappa shape index (κ1) is 15.3. The summed E-state index contributed by atoms with van der Waals surface area (Å²) in [6, 6.07) is 10.4. The Balaban J connectivity index is 2.45. The molecule has 3 nitrogen and oxygen atoms in total. The summed E-state index contributed by atoms with van der Waals surface area (Å²) in [5.74, 6) is 0. The fraction of sp³-hybridized carbons (Fsp3) is 0.438. The Hall–Kier alpha value is -1.77. The number of hydrogen-bond donors (Lipinski definition) is 1. The smallest absolute Gasteiger partial charge is 0.211 e. The number of carbonyl (C=O) groups excluding carboxylic acids is 1. The van der Waals surface area contributed by atoms with E-state index in [-0.39, 0.29) is 0 Å². The molecule has 0 atom stereocenters. The van der Waals surface area contributed by atoms with Gasteiger partial charge in [-0.05, 0) is 24.8 Å². The number of benzene rings is 1. The van der Waals surface area contributed by atoms with Gasteiger partial charge in [-0.1, -0.05) is 43.7 Å². The quantitative estimate of drug-likeness (QED) is 0.692. The highest BCUT2D eigenvalue weighted by molar-refractivity contribution is 5.49. The summed E-state index contributed by atoms with van der Waals surface area (Å²) < 4.78 is 0. The van der Waals surface area contributed by atoms with E-state index in [0.717, 1.165) is 44.3 Å². The van der Waals surface area contributed by atoms with Gasteiger partial charge in [-0.25, -0.2) is 0 Å². The van der Waals surface area contributed by atoms with Crippen molar-refractivity contribution in [3.05, 3.63) is 47.8 Å². The number of unbranched alkanes of at least 4 members (excludes halogenated alkanes) is 1. The van der Waals surface area contributed by atoms with Crippen LogP contribution < -0.4 is 5.32 Å². The zero-order valence-corrected chi connectivity index (χ0v) is 11.9. The number of hydrogen-bond acceptors (Lipinski definition) is 2. The zero-order valence-electron chi connectivity index (χ0n) is 11.9. The largest absolute Gasteiger partial charge is 0.379 e. The topological polar surface area (TPSA) is 32.3 Å². The van der Waals surface area contributed by atoms with Crippen LogP contribution >= 0.6 is 0 Å². The molecule has 104 valence electrons. The lowest BCUT2D eigenvalue weighted by molar-refractivity contribution is -0.109. The summed E-state index contributed by atoms with van der Waals surface area (Å²) in [7, 11) is 2.04. The number of amides is 1. The Labute approximate surface area is 116 Å². The fourth-order valence-electron chi connectivity index (χ4n) is 1.90. The van der Waals surface area contributed by atoms with Crippen LogP contribution in [-0.2, 0) is 11.2 Å². The van der Waals surface area contributed by atoms with Crippen LogP contribution in [0.3, 0.4) is 0 Å². The fourth-order valence-corrected chi connectivity index (χ4v) is 1.90. The Morgan fingerprint density at radius 1 is 1.32 bits per heavy atom. The van der Waals surface area contributed by atoms with Crippen molar-refractivity contribution in [1.82, 2.24) is 10.2 Å². The molecule has 0 aliphatic rings. The zero-order chi connectivity index (χ0) is 13.9. The molecule has 0 bridgehead atoms. The number of allylic oxidation sites excluding steroid dienone is 1. The number of nitrogens with one attached hydrogen (secondary N) is 1. The van der Waals surface area contributed by atoms with Crippen LogP contribution in [0.25, 0.3) is 0 Å². The third kappa shape index (κ3) is 6.65. The number of nitrogens with zero attached hydrogens (tertiary/aromatic N) is 1. The van der Waals surface area contributed by atoms with E-state index < -0.39 is 0 Å². The molecule has 0 heterocycles. The van der Waals surface area contributed by atoms with Gasteiger partial charge < -0.3 is 10.2 Å². The van der Waals surface area contributed by atoms with Crippen molar-refractivity contribution in [2.45, 2.75) is 32.6 Å². The van der Waals surface area contributed by atoms with Crippen molar-refractivity contribution < 1.29 is 4.79 Å². The molecule has 0 aliphatic heterocycles. The number of carbonyl (C=O) groups is 1. The molecule has 0 aromatic heterocycles. The monoisotopic (exact) mass is 260 g/mol. The lowest BCUT2D eigenvalue weighted by Gasteiger charge is -2.16. The molecule has 0 radical (unpaired) electrons. The SMILES string of the molecule is CCCC/C(=C/N(C)CCc1ccccc1)NC=O. The van der Waals surface area contributed by atoms with Crippen LogP contribution in [0, 0.1) is 0 Å². The van der Waals surface area contributed by atoms with E-state index in [4.69, 9.17) is 0 Å². The molecule has 1 amide bonds. The summed E-state index contributed by atoms with van der Waals surface area (Å²) in [4.78, 5) is 12.7. The van der Waals surface area contributed by atoms with Gasteiger partial charge in [-0.3, -0.25) is 4.79 Å². The predicted molar refractivity (Wildman–Crippen MR) is 79.6 cm³/mol. The molecule has 0 saturated carbocycles. The standard InChI is InChI=1S/C16H24N2O/c1-3-4-10-16(17-14-19)13-18(2)12-11-15-8-6-5-7-9-15/h5-9,13-14H,3-4,10-12H2,1-2H3,(H,17,19)/b16-13-. The van der Waals surface area contributed by atoms with Gasteiger partial charge in [-0.15, -0.1) is 0 Å². The van der Waals surface area contributed by atoms with Crippen LogP contribution in [0.1, 0.15) is 31.7 Å². The van der Waals surface area contributed by atoms with Gasteiger partial charge in [0.15, 0.2) is 0 Å². The normalized spacial score (nSPS) is 11.2. The molecule has 1 aromatic carbocycles. The molecule has 1 aromatic rings. The average molecular weight is 260 g/mol. The summed E-state index contributed by atoms with van der Waals surface area (Å²) in [5.41, 5.74) is 2.33. The van der Waals surface area contributed by atoms with Crippen molar-refractivity contribution in [1.29, 1.82) is 0 Å². The maximum Gasteiger partial charge on any atom is 0.211 e. The first-order valence-corrected chi connectivity index (χ1v) is 6.91. The van der Waals surface area contributed by atoms with Crippen LogP contribution in [0.4, 0.5) is 0 Å². The summed E-state index contributed by atoms with van der Waals surface area (Å²) in [6.07, 6.45) is 6.95. The Bertz CT molecular complexity index is 387. The van der Waals surface area contributed by atoms with Crippen molar-refractivity contribution >= 4 is 6.41 Å². The minimum atomic E-state index is 0.756. The molecule has 0 fully saturated rings. The van der Waals surface area contributed by atoms with Gasteiger partial charge in [0.05, 0.1) is 0 Å². The van der Waals surface area contributed by atoms with Crippen molar-refractivity contribution in [3.8, 4) is 0 Å². The summed E-state index contributed by atoms with van der Waals surface area (Å²) >= 11 is 0. The Kier molecular flexibility index (Phi) is 7.40. The second-order valence-corrected chi connectivity index (χ2v) is 4.74. The van der Waals surface area contributed by atoms with Crippen LogP contribution in [-0.4, -0.2) is 24.9 Å². The van der Waals surface area contributed by atoms with Gasteiger partial charge in [0.25, 0.3) is 0 Å². The maximum atomic E-state index is 10.6. The molecule has 0 saturated heterocycles.